The third-order valence-electron chi connectivity index (χ3n) is 9.63. The fourth-order valence-corrected chi connectivity index (χ4v) is 7.55. The van der Waals surface area contributed by atoms with Crippen LogP contribution in [0.15, 0.2) is 36.4 Å². The zero-order valence-electron chi connectivity index (χ0n) is 26.8. The molecule has 1 saturated heterocycles. The van der Waals surface area contributed by atoms with E-state index in [0.717, 1.165) is 81.3 Å². The van der Waals surface area contributed by atoms with Crippen LogP contribution in [0.25, 0.3) is 11.1 Å². The minimum atomic E-state index is -0.343. The lowest BCUT2D eigenvalue weighted by atomic mass is 10.0. The smallest absolute Gasteiger partial charge is 0.291 e. The average molecular weight is 678 g/mol. The molecule has 2 N–H and O–H groups in total. The molecule has 0 bridgehead atoms. The van der Waals surface area contributed by atoms with Crippen molar-refractivity contribution in [2.75, 3.05) is 44.0 Å². The van der Waals surface area contributed by atoms with E-state index in [0.29, 0.717) is 56.8 Å². The lowest BCUT2D eigenvalue weighted by Gasteiger charge is -2.36. The van der Waals surface area contributed by atoms with Gasteiger partial charge in [-0.05, 0) is 32.0 Å². The van der Waals surface area contributed by atoms with Gasteiger partial charge in [0.2, 0.25) is 0 Å². The van der Waals surface area contributed by atoms with Crippen LogP contribution >= 0.6 is 23.2 Å². The molecule has 0 saturated carbocycles. The Kier molecular flexibility index (Phi) is 8.84. The summed E-state index contributed by atoms with van der Waals surface area (Å²) in [4.78, 5) is 41.0. The zero-order chi connectivity index (χ0) is 32.8. The van der Waals surface area contributed by atoms with Crippen molar-refractivity contribution >= 4 is 46.4 Å². The number of nitrogens with one attached hydrogen (secondary N) is 2. The summed E-state index contributed by atoms with van der Waals surface area (Å²) in [7, 11) is 5.80. The van der Waals surface area contributed by atoms with Crippen LogP contribution in [-0.4, -0.2) is 80.1 Å². The quantitative estimate of drug-likeness (QED) is 0.291. The van der Waals surface area contributed by atoms with Crippen LogP contribution in [0, 0.1) is 0 Å². The van der Waals surface area contributed by atoms with Crippen molar-refractivity contribution in [3.8, 4) is 11.1 Å². The molecule has 13 heteroatoms. The maximum absolute atomic E-state index is 13.6. The summed E-state index contributed by atoms with van der Waals surface area (Å²) in [5.41, 5.74) is 6.13. The van der Waals surface area contributed by atoms with Gasteiger partial charge in [0.25, 0.3) is 11.8 Å². The number of imidazole rings is 2. The van der Waals surface area contributed by atoms with Gasteiger partial charge in [0.05, 0.1) is 32.8 Å². The van der Waals surface area contributed by atoms with Gasteiger partial charge >= 0.3 is 0 Å². The maximum Gasteiger partial charge on any atom is 0.291 e. The van der Waals surface area contributed by atoms with Crippen molar-refractivity contribution in [2.24, 2.45) is 14.1 Å². The number of nitrogens with zero attached hydrogens (tertiary/aromatic N) is 6. The number of ether oxygens (including phenoxy) is 1. The summed E-state index contributed by atoms with van der Waals surface area (Å²) >= 11 is 13.8. The van der Waals surface area contributed by atoms with E-state index in [-0.39, 0.29) is 11.8 Å². The molecular weight excluding hydrogens is 639 g/mol. The van der Waals surface area contributed by atoms with Crippen LogP contribution in [0.3, 0.4) is 0 Å². The van der Waals surface area contributed by atoms with Crippen LogP contribution in [0.1, 0.15) is 56.9 Å². The number of amides is 2. The fourth-order valence-electron chi connectivity index (χ4n) is 7.00. The number of fused-ring (bicyclic) bond motifs is 2. The molecule has 246 valence electrons. The van der Waals surface area contributed by atoms with Crippen molar-refractivity contribution < 1.29 is 14.3 Å². The summed E-state index contributed by atoms with van der Waals surface area (Å²) in [5.74, 6) is -0.00332. The van der Waals surface area contributed by atoms with E-state index >= 15 is 0 Å². The number of hydrogen-bond acceptors (Lipinski definition) is 7. The lowest BCUT2D eigenvalue weighted by Crippen LogP contribution is -2.42. The van der Waals surface area contributed by atoms with Gasteiger partial charge in [-0.15, -0.1) is 0 Å². The third-order valence-corrected chi connectivity index (χ3v) is 10.4. The summed E-state index contributed by atoms with van der Waals surface area (Å²) in [6, 6.07) is 11.3. The second-order valence-corrected chi connectivity index (χ2v) is 13.3. The van der Waals surface area contributed by atoms with Gasteiger partial charge in [-0.3, -0.25) is 14.5 Å². The van der Waals surface area contributed by atoms with Crippen LogP contribution in [0.2, 0.25) is 10.0 Å². The van der Waals surface area contributed by atoms with Gasteiger partial charge in [-0.2, -0.15) is 0 Å². The van der Waals surface area contributed by atoms with Crippen LogP contribution in [0.5, 0.6) is 0 Å². The normalized spacial score (nSPS) is 17.3. The minimum absolute atomic E-state index is 0.329. The molecule has 3 aliphatic heterocycles. The van der Waals surface area contributed by atoms with E-state index in [1.165, 1.54) is 0 Å². The van der Waals surface area contributed by atoms with Crippen LogP contribution < -0.4 is 10.6 Å². The number of likely N-dealkylation sites (N-methyl/N-ethyl adjacent to an activating group) is 1. The number of halogens is 2. The van der Waals surface area contributed by atoms with Gasteiger partial charge in [-0.25, -0.2) is 9.97 Å². The zero-order valence-corrected chi connectivity index (χ0v) is 28.3. The number of rotatable bonds is 6. The molecule has 0 unspecified atom stereocenters. The van der Waals surface area contributed by atoms with E-state index in [9.17, 15) is 9.59 Å². The Morgan fingerprint density at radius 3 is 1.83 bits per heavy atom. The van der Waals surface area contributed by atoms with Crippen molar-refractivity contribution in [3.63, 3.8) is 0 Å². The molecule has 2 amide bonds. The molecule has 0 radical (unpaired) electrons. The van der Waals surface area contributed by atoms with Gasteiger partial charge < -0.3 is 29.4 Å². The highest BCUT2D eigenvalue weighted by molar-refractivity contribution is 6.40. The first-order valence-corrected chi connectivity index (χ1v) is 16.7. The first kappa shape index (κ1) is 31.8. The third kappa shape index (κ3) is 6.07. The molecule has 0 aliphatic carbocycles. The number of aromatic nitrogens is 4. The number of carbonyl (C=O) groups excluding carboxylic acids is 2. The highest BCUT2D eigenvalue weighted by Gasteiger charge is 2.30. The Morgan fingerprint density at radius 2 is 1.28 bits per heavy atom. The molecule has 11 nitrogen and oxygen atoms in total. The second kappa shape index (κ2) is 13.0. The topological polar surface area (TPSA) is 110 Å². The first-order valence-electron chi connectivity index (χ1n) is 16.0. The highest BCUT2D eigenvalue weighted by Crippen LogP contribution is 2.40. The Labute approximate surface area is 283 Å². The van der Waals surface area contributed by atoms with Crippen molar-refractivity contribution in [1.82, 2.24) is 28.9 Å². The van der Waals surface area contributed by atoms with E-state index in [1.807, 2.05) is 48.5 Å². The van der Waals surface area contributed by atoms with Crippen molar-refractivity contribution in [2.45, 2.75) is 44.8 Å². The first-order chi connectivity index (χ1) is 22.7. The summed E-state index contributed by atoms with van der Waals surface area (Å²) in [6.07, 6.45) is 3.72. The Morgan fingerprint density at radius 1 is 0.766 bits per heavy atom. The van der Waals surface area contributed by atoms with E-state index < -0.39 is 0 Å². The molecule has 2 aromatic heterocycles. The van der Waals surface area contributed by atoms with Crippen molar-refractivity contribution in [1.29, 1.82) is 0 Å². The second-order valence-electron chi connectivity index (χ2n) is 12.6. The Bertz CT molecular complexity index is 1860. The lowest BCUT2D eigenvalue weighted by molar-refractivity contribution is 0.0283. The Hall–Kier alpha value is -3.74. The van der Waals surface area contributed by atoms with Gasteiger partial charge in [0, 0.05) is 94.9 Å². The molecule has 1 fully saturated rings. The standard InChI is InChI=1S/C34H38Cl2N8O3/c1-41-14-10-27-25(18-41)37-31(42(27)2)33(45)39-23-8-4-6-21(29(23)35)22-7-5-9-24(30(22)36)40-34(46)32-38-26-19-44(15-11-28(26)43(32)3)20-12-16-47-17-13-20/h4-9,20H,10-19H2,1-3H3,(H,39,45)(H,40,46). The Balaban J connectivity index is 1.09. The van der Waals surface area contributed by atoms with E-state index in [4.69, 9.17) is 32.9 Å². The molecule has 2 aromatic carbocycles. The largest absolute Gasteiger partial charge is 0.381 e. The molecular formula is C34H38Cl2N8O3. The predicted octanol–water partition coefficient (Wildman–Crippen LogP) is 5.16. The fraction of sp³-hybridized carbons (Fsp3) is 0.412. The van der Waals surface area contributed by atoms with Gasteiger partial charge in [-0.1, -0.05) is 47.5 Å². The average Bonchev–Trinajstić information content (AvgIpc) is 3.59. The maximum atomic E-state index is 13.6. The molecule has 5 heterocycles. The van der Waals surface area contributed by atoms with Gasteiger partial charge in [0.1, 0.15) is 0 Å². The number of carbonyl (C=O) groups is 2. The van der Waals surface area contributed by atoms with Crippen LogP contribution in [-0.2, 0) is 44.8 Å². The number of benzene rings is 2. The minimum Gasteiger partial charge on any atom is -0.381 e. The molecule has 7 rings (SSSR count). The number of anilines is 2. The molecule has 3 aliphatic rings. The molecule has 0 atom stereocenters. The van der Waals surface area contributed by atoms with Crippen LogP contribution in [0.4, 0.5) is 11.4 Å². The summed E-state index contributed by atoms with van der Waals surface area (Å²) in [6.45, 7) is 4.87. The van der Waals surface area contributed by atoms with Crippen molar-refractivity contribution in [3.05, 3.63) is 80.9 Å². The van der Waals surface area contributed by atoms with E-state index in [2.05, 4.69) is 25.4 Å². The van der Waals surface area contributed by atoms with Gasteiger partial charge in [0.15, 0.2) is 11.6 Å². The summed E-state index contributed by atoms with van der Waals surface area (Å²) in [5, 5.41) is 6.57. The van der Waals surface area contributed by atoms with E-state index in [1.54, 1.807) is 18.2 Å². The molecule has 47 heavy (non-hydrogen) atoms. The summed E-state index contributed by atoms with van der Waals surface area (Å²) < 4.78 is 9.29. The molecule has 0 spiro atoms. The highest BCUT2D eigenvalue weighted by atomic mass is 35.5. The SMILES string of the molecule is CN1CCc2c(nc(C(=O)Nc3cccc(-c4cccc(NC(=O)c5nc6c(n5C)CCN(C5CCOCC5)C6)c4Cl)c3Cl)n2C)C1. The number of hydrogen-bond donors (Lipinski definition) is 2. The monoisotopic (exact) mass is 676 g/mol. The molecule has 4 aromatic rings. The predicted molar refractivity (Wildman–Crippen MR) is 182 cm³/mol.